The van der Waals surface area contributed by atoms with Gasteiger partial charge in [-0.1, -0.05) is 0 Å². The summed E-state index contributed by atoms with van der Waals surface area (Å²) in [4.78, 5) is 10.1. The predicted molar refractivity (Wildman–Crippen MR) is 56.9 cm³/mol. The normalized spacial score (nSPS) is 9.57. The van der Waals surface area contributed by atoms with Crippen LogP contribution in [0, 0.1) is 0 Å². The summed E-state index contributed by atoms with van der Waals surface area (Å²) in [5.41, 5.74) is 0. The first-order valence-corrected chi connectivity index (χ1v) is 4.97. The van der Waals surface area contributed by atoms with E-state index in [1.54, 1.807) is 19.2 Å². The van der Waals surface area contributed by atoms with E-state index in [1.807, 2.05) is 6.07 Å². The van der Waals surface area contributed by atoms with Crippen molar-refractivity contribution in [2.45, 2.75) is 6.42 Å². The maximum absolute atomic E-state index is 10.1. The van der Waals surface area contributed by atoms with E-state index in [0.717, 1.165) is 16.5 Å². The average Bonchev–Trinajstić information content (AvgIpc) is 2.20. The fourth-order valence-electron chi connectivity index (χ4n) is 0.943. The van der Waals surface area contributed by atoms with Gasteiger partial charge in [0, 0.05) is 6.42 Å². The van der Waals surface area contributed by atoms with E-state index in [9.17, 15) is 4.79 Å². The molecule has 0 amide bonds. The molecule has 0 heterocycles. The minimum atomic E-state index is 0.397. The molecule has 3 nitrogen and oxygen atoms in total. The maximum Gasteiger partial charge on any atom is 0.133 e. The number of benzene rings is 1. The standard InChI is InChI=1S/C10H11BrO3/c1-13-8-3-4-10(9(11)7-8)14-6-2-5-12/h3-5,7H,2,6H2,1H3. The molecule has 0 saturated carbocycles. The van der Waals surface area contributed by atoms with Gasteiger partial charge in [0.2, 0.25) is 0 Å². The van der Waals surface area contributed by atoms with Gasteiger partial charge in [0.05, 0.1) is 18.2 Å². The lowest BCUT2D eigenvalue weighted by Crippen LogP contribution is -1.98. The van der Waals surface area contributed by atoms with Crippen molar-refractivity contribution < 1.29 is 14.3 Å². The highest BCUT2D eigenvalue weighted by Gasteiger charge is 2.02. The Morgan fingerprint density at radius 3 is 2.86 bits per heavy atom. The van der Waals surface area contributed by atoms with Gasteiger partial charge < -0.3 is 14.3 Å². The number of aldehydes is 1. The summed E-state index contributed by atoms with van der Waals surface area (Å²) in [6.45, 7) is 0.397. The number of methoxy groups -OCH3 is 1. The molecule has 0 atom stereocenters. The SMILES string of the molecule is COc1ccc(OCCC=O)c(Br)c1. The van der Waals surface area contributed by atoms with Crippen molar-refractivity contribution in [2.75, 3.05) is 13.7 Å². The molecule has 0 radical (unpaired) electrons. The molecule has 0 unspecified atom stereocenters. The number of ether oxygens (including phenoxy) is 2. The molecule has 0 saturated heterocycles. The minimum absolute atomic E-state index is 0.397. The van der Waals surface area contributed by atoms with Crippen LogP contribution in [-0.2, 0) is 4.79 Å². The summed E-state index contributed by atoms with van der Waals surface area (Å²) in [6, 6.07) is 5.42. The third-order valence-electron chi connectivity index (χ3n) is 1.63. The molecule has 0 bridgehead atoms. The Bertz CT molecular complexity index is 312. The maximum atomic E-state index is 10.1. The van der Waals surface area contributed by atoms with Gasteiger partial charge in [-0.2, -0.15) is 0 Å². The van der Waals surface area contributed by atoms with Crippen LogP contribution in [0.3, 0.4) is 0 Å². The first-order chi connectivity index (χ1) is 6.77. The molecule has 0 spiro atoms. The molecule has 0 fully saturated rings. The molecule has 0 aromatic heterocycles. The van der Waals surface area contributed by atoms with Crippen molar-refractivity contribution in [1.29, 1.82) is 0 Å². The summed E-state index contributed by atoms with van der Waals surface area (Å²) >= 11 is 3.35. The predicted octanol–water partition coefficient (Wildman–Crippen LogP) is 2.43. The van der Waals surface area contributed by atoms with Crippen molar-refractivity contribution >= 4 is 22.2 Å². The van der Waals surface area contributed by atoms with Crippen LogP contribution in [-0.4, -0.2) is 20.0 Å². The quantitative estimate of drug-likeness (QED) is 0.601. The van der Waals surface area contributed by atoms with Crippen LogP contribution >= 0.6 is 15.9 Å². The molecule has 1 aromatic carbocycles. The van der Waals surface area contributed by atoms with E-state index < -0.39 is 0 Å². The lowest BCUT2D eigenvalue weighted by molar-refractivity contribution is -0.108. The van der Waals surface area contributed by atoms with E-state index in [2.05, 4.69) is 15.9 Å². The van der Waals surface area contributed by atoms with E-state index in [1.165, 1.54) is 0 Å². The monoisotopic (exact) mass is 258 g/mol. The second-order valence-corrected chi connectivity index (χ2v) is 3.45. The third-order valence-corrected chi connectivity index (χ3v) is 2.25. The molecular weight excluding hydrogens is 248 g/mol. The fourth-order valence-corrected chi connectivity index (χ4v) is 1.41. The van der Waals surface area contributed by atoms with Crippen molar-refractivity contribution in [3.05, 3.63) is 22.7 Å². The Labute approximate surface area is 91.1 Å². The van der Waals surface area contributed by atoms with Gasteiger partial charge in [0.1, 0.15) is 17.8 Å². The summed E-state index contributed by atoms with van der Waals surface area (Å²) in [6.07, 6.45) is 1.23. The number of halogens is 1. The van der Waals surface area contributed by atoms with Crippen LogP contribution in [0.1, 0.15) is 6.42 Å². The molecule has 14 heavy (non-hydrogen) atoms. The second kappa shape index (κ2) is 5.65. The second-order valence-electron chi connectivity index (χ2n) is 2.60. The first-order valence-electron chi connectivity index (χ1n) is 4.18. The van der Waals surface area contributed by atoms with Crippen LogP contribution in [0.2, 0.25) is 0 Å². The Balaban J connectivity index is 2.63. The molecule has 0 aliphatic heterocycles. The van der Waals surface area contributed by atoms with Gasteiger partial charge in [0.25, 0.3) is 0 Å². The van der Waals surface area contributed by atoms with Crippen molar-refractivity contribution in [2.24, 2.45) is 0 Å². The van der Waals surface area contributed by atoms with Crippen LogP contribution in [0.5, 0.6) is 11.5 Å². The largest absolute Gasteiger partial charge is 0.497 e. The van der Waals surface area contributed by atoms with Crippen LogP contribution in [0.25, 0.3) is 0 Å². The van der Waals surface area contributed by atoms with Gasteiger partial charge in [0.15, 0.2) is 0 Å². The van der Waals surface area contributed by atoms with E-state index >= 15 is 0 Å². The third kappa shape index (κ3) is 3.03. The molecule has 4 heteroatoms. The Morgan fingerprint density at radius 1 is 1.50 bits per heavy atom. The van der Waals surface area contributed by atoms with Gasteiger partial charge in [-0.3, -0.25) is 0 Å². The lowest BCUT2D eigenvalue weighted by Gasteiger charge is -2.07. The molecule has 76 valence electrons. The molecule has 1 rings (SSSR count). The van der Waals surface area contributed by atoms with Crippen molar-refractivity contribution in [1.82, 2.24) is 0 Å². The topological polar surface area (TPSA) is 35.5 Å². The Morgan fingerprint density at radius 2 is 2.29 bits per heavy atom. The van der Waals surface area contributed by atoms with Crippen molar-refractivity contribution in [3.8, 4) is 11.5 Å². The van der Waals surface area contributed by atoms with E-state index in [-0.39, 0.29) is 0 Å². The summed E-state index contributed by atoms with van der Waals surface area (Å²) in [7, 11) is 1.61. The summed E-state index contributed by atoms with van der Waals surface area (Å²) in [5, 5.41) is 0. The molecule has 0 aliphatic carbocycles. The fraction of sp³-hybridized carbons (Fsp3) is 0.300. The molecular formula is C10H11BrO3. The zero-order valence-electron chi connectivity index (χ0n) is 7.83. The number of carbonyl (C=O) groups is 1. The van der Waals surface area contributed by atoms with E-state index in [4.69, 9.17) is 9.47 Å². The van der Waals surface area contributed by atoms with Crippen molar-refractivity contribution in [3.63, 3.8) is 0 Å². The van der Waals surface area contributed by atoms with Crippen LogP contribution in [0.15, 0.2) is 22.7 Å². The smallest absolute Gasteiger partial charge is 0.133 e. The number of hydrogen-bond acceptors (Lipinski definition) is 3. The zero-order valence-corrected chi connectivity index (χ0v) is 9.41. The molecule has 0 aliphatic rings. The Hall–Kier alpha value is -1.03. The summed E-state index contributed by atoms with van der Waals surface area (Å²) < 4.78 is 11.2. The van der Waals surface area contributed by atoms with Crippen LogP contribution in [0.4, 0.5) is 0 Å². The number of carbonyl (C=O) groups excluding carboxylic acids is 1. The van der Waals surface area contributed by atoms with Crippen LogP contribution < -0.4 is 9.47 Å². The van der Waals surface area contributed by atoms with Gasteiger partial charge in [-0.25, -0.2) is 0 Å². The number of hydrogen-bond donors (Lipinski definition) is 0. The first kappa shape index (κ1) is 11.0. The molecule has 0 N–H and O–H groups in total. The van der Waals surface area contributed by atoms with Gasteiger partial charge in [-0.15, -0.1) is 0 Å². The van der Waals surface area contributed by atoms with Gasteiger partial charge >= 0.3 is 0 Å². The van der Waals surface area contributed by atoms with Gasteiger partial charge in [-0.05, 0) is 34.1 Å². The Kier molecular flexibility index (Phi) is 4.46. The average molecular weight is 259 g/mol. The van der Waals surface area contributed by atoms with E-state index in [0.29, 0.717) is 18.8 Å². The number of rotatable bonds is 5. The highest BCUT2D eigenvalue weighted by molar-refractivity contribution is 9.10. The minimum Gasteiger partial charge on any atom is -0.497 e. The lowest BCUT2D eigenvalue weighted by atomic mass is 10.3. The highest BCUT2D eigenvalue weighted by Crippen LogP contribution is 2.28. The highest BCUT2D eigenvalue weighted by atomic mass is 79.9. The molecule has 1 aromatic rings. The summed E-state index contributed by atoms with van der Waals surface area (Å²) in [5.74, 6) is 1.48. The zero-order chi connectivity index (χ0) is 10.4.